The summed E-state index contributed by atoms with van der Waals surface area (Å²) in [7, 11) is 0. The highest BCUT2D eigenvalue weighted by atomic mass is 19.1. The number of carbonyl (C=O) groups is 1. The highest BCUT2D eigenvalue weighted by molar-refractivity contribution is 5.95. The number of hydrogen-bond acceptors (Lipinski definition) is 4. The van der Waals surface area contributed by atoms with Crippen molar-refractivity contribution in [1.29, 1.82) is 5.41 Å². The van der Waals surface area contributed by atoms with Gasteiger partial charge in [-0.1, -0.05) is 24.3 Å². The molecule has 3 aromatic carbocycles. The van der Waals surface area contributed by atoms with Crippen molar-refractivity contribution in [3.05, 3.63) is 124 Å². The Morgan fingerprint density at radius 2 is 1.69 bits per heavy atom. The summed E-state index contributed by atoms with van der Waals surface area (Å²) < 4.78 is 34.0. The fraction of sp³-hybridized carbons (Fsp3) is 0.107. The van der Waals surface area contributed by atoms with Crippen molar-refractivity contribution in [3.63, 3.8) is 0 Å². The molecule has 0 radical (unpaired) electrons. The Balaban J connectivity index is 1.23. The Bertz CT molecular complexity index is 1550. The summed E-state index contributed by atoms with van der Waals surface area (Å²) in [6.07, 6.45) is 0.972. The van der Waals surface area contributed by atoms with Crippen molar-refractivity contribution in [2.24, 2.45) is 5.73 Å². The van der Waals surface area contributed by atoms with Gasteiger partial charge in [0.1, 0.15) is 35.4 Å². The molecule has 0 saturated heterocycles. The summed E-state index contributed by atoms with van der Waals surface area (Å²) in [5, 5.41) is 10.3. The first-order chi connectivity index (χ1) is 17.4. The number of ether oxygens (including phenoxy) is 1. The van der Waals surface area contributed by atoms with Crippen LogP contribution in [0, 0.1) is 17.0 Å². The van der Waals surface area contributed by atoms with Crippen molar-refractivity contribution in [3.8, 4) is 11.1 Å². The number of benzene rings is 3. The molecule has 0 aliphatic carbocycles. The van der Waals surface area contributed by atoms with Gasteiger partial charge in [-0.05, 0) is 69.8 Å². The average molecular weight is 482 g/mol. The number of nitrogen functional groups attached to an aromatic ring is 1. The Morgan fingerprint density at radius 1 is 0.944 bits per heavy atom. The first-order valence-corrected chi connectivity index (χ1v) is 11.3. The van der Waals surface area contributed by atoms with Crippen LogP contribution in [0.4, 0.5) is 8.78 Å². The molecule has 0 saturated carbocycles. The van der Waals surface area contributed by atoms with Gasteiger partial charge in [-0.2, -0.15) is 0 Å². The van der Waals surface area contributed by atoms with Gasteiger partial charge in [0.15, 0.2) is 0 Å². The number of pyridine rings is 1. The largest absolute Gasteiger partial charge is 0.382 e. The summed E-state index contributed by atoms with van der Waals surface area (Å²) >= 11 is 0. The number of nitrogens with zero attached hydrogens (tertiary/aromatic N) is 1. The third-order valence-corrected chi connectivity index (χ3v) is 6.63. The van der Waals surface area contributed by atoms with E-state index in [9.17, 15) is 13.6 Å². The minimum Gasteiger partial charge on any atom is -0.382 e. The third-order valence-electron chi connectivity index (χ3n) is 6.63. The Morgan fingerprint density at radius 3 is 2.42 bits per heavy atom. The second kappa shape index (κ2) is 8.35. The molecular formula is C28H20F2N4O2. The maximum absolute atomic E-state index is 14.4. The van der Waals surface area contributed by atoms with Gasteiger partial charge in [0, 0.05) is 29.9 Å². The van der Waals surface area contributed by atoms with E-state index in [1.165, 1.54) is 12.1 Å². The molecule has 0 fully saturated rings. The molecule has 2 atom stereocenters. The fourth-order valence-electron chi connectivity index (χ4n) is 4.85. The monoisotopic (exact) mass is 482 g/mol. The van der Waals surface area contributed by atoms with E-state index in [-0.39, 0.29) is 30.5 Å². The zero-order valence-corrected chi connectivity index (χ0v) is 18.9. The minimum absolute atomic E-state index is 0.114. The molecule has 3 heterocycles. The van der Waals surface area contributed by atoms with Crippen LogP contribution in [0.25, 0.3) is 11.1 Å². The average Bonchev–Trinajstić information content (AvgIpc) is 3.44. The molecular weight excluding hydrogens is 462 g/mol. The van der Waals surface area contributed by atoms with Crippen LogP contribution in [0.3, 0.4) is 0 Å². The van der Waals surface area contributed by atoms with Crippen LogP contribution in [0.1, 0.15) is 56.1 Å². The van der Waals surface area contributed by atoms with Crippen molar-refractivity contribution < 1.29 is 18.3 Å². The molecule has 178 valence electrons. The normalized spacial score (nSPS) is 16.9. The number of nitrogens with one attached hydrogen (secondary N) is 2. The SMILES string of the molecule is N=C(N)c1ccc(CNC(=O)c2ccc3c(c2)C2OC3c3ccc(-c4ccc(F)cc4F)cc32)cn1. The lowest BCUT2D eigenvalue weighted by molar-refractivity contribution is 0.0857. The lowest BCUT2D eigenvalue weighted by atomic mass is 9.83. The molecule has 2 bridgehead atoms. The second-order valence-electron chi connectivity index (χ2n) is 8.86. The van der Waals surface area contributed by atoms with Crippen LogP contribution in [-0.4, -0.2) is 16.7 Å². The maximum Gasteiger partial charge on any atom is 0.251 e. The van der Waals surface area contributed by atoms with Gasteiger partial charge in [0.05, 0.1) is 0 Å². The lowest BCUT2D eigenvalue weighted by Crippen LogP contribution is -2.23. The predicted molar refractivity (Wildman–Crippen MR) is 129 cm³/mol. The summed E-state index contributed by atoms with van der Waals surface area (Å²) in [4.78, 5) is 17.0. The first kappa shape index (κ1) is 22.1. The summed E-state index contributed by atoms with van der Waals surface area (Å²) in [6.45, 7) is 0.277. The molecule has 6 nitrogen and oxygen atoms in total. The number of halogens is 2. The zero-order chi connectivity index (χ0) is 25.0. The van der Waals surface area contributed by atoms with Crippen molar-refractivity contribution in [2.45, 2.75) is 18.8 Å². The van der Waals surface area contributed by atoms with Gasteiger partial charge >= 0.3 is 0 Å². The van der Waals surface area contributed by atoms with E-state index >= 15 is 0 Å². The third kappa shape index (κ3) is 3.63. The Hall–Kier alpha value is -4.43. The predicted octanol–water partition coefficient (Wildman–Crippen LogP) is 4.76. The minimum atomic E-state index is -0.621. The Labute approximate surface area is 205 Å². The van der Waals surface area contributed by atoms with Gasteiger partial charge in [0.25, 0.3) is 5.91 Å². The topological polar surface area (TPSA) is 101 Å². The van der Waals surface area contributed by atoms with Crippen molar-refractivity contribution >= 4 is 11.7 Å². The van der Waals surface area contributed by atoms with Crippen molar-refractivity contribution in [1.82, 2.24) is 10.3 Å². The lowest BCUT2D eigenvalue weighted by Gasteiger charge is -2.18. The van der Waals surface area contributed by atoms with Gasteiger partial charge in [-0.15, -0.1) is 0 Å². The van der Waals surface area contributed by atoms with Crippen LogP contribution >= 0.6 is 0 Å². The summed E-state index contributed by atoms with van der Waals surface area (Å²) in [6, 6.07) is 18.1. The molecule has 1 amide bonds. The standard InChI is InChI=1S/C28H20F2N4O2/c29-17-4-7-18(23(30)11-17)15-2-5-19-21(9-15)26-22-10-16(3-6-20(22)25(19)36-26)28(35)34-13-14-1-8-24(27(31)32)33-12-14/h1-12,25-26H,13H2,(H3,31,32)(H,34,35). The number of amidine groups is 1. The molecule has 4 aromatic rings. The number of fused-ring (bicyclic) bond motifs is 8. The van der Waals surface area contributed by atoms with Crippen LogP contribution in [0.5, 0.6) is 0 Å². The quantitative estimate of drug-likeness (QED) is 0.282. The van der Waals surface area contributed by atoms with Gasteiger partial charge < -0.3 is 15.8 Å². The van der Waals surface area contributed by atoms with Crippen molar-refractivity contribution in [2.75, 3.05) is 0 Å². The number of carbonyl (C=O) groups excluding carboxylic acids is 1. The van der Waals surface area contributed by atoms with E-state index in [0.29, 0.717) is 22.4 Å². The molecule has 1 aromatic heterocycles. The molecule has 4 N–H and O–H groups in total. The molecule has 2 unspecified atom stereocenters. The number of aromatic nitrogens is 1. The van der Waals surface area contributed by atoms with E-state index in [4.69, 9.17) is 15.9 Å². The van der Waals surface area contributed by atoms with Gasteiger partial charge in [-0.3, -0.25) is 15.2 Å². The van der Waals surface area contributed by atoms with E-state index < -0.39 is 11.6 Å². The van der Waals surface area contributed by atoms with Gasteiger partial charge in [0.2, 0.25) is 0 Å². The maximum atomic E-state index is 14.4. The molecule has 8 heteroatoms. The first-order valence-electron chi connectivity index (χ1n) is 11.3. The number of amides is 1. The van der Waals surface area contributed by atoms with E-state index in [1.54, 1.807) is 24.4 Å². The molecule has 2 aliphatic heterocycles. The molecule has 2 aliphatic rings. The van der Waals surface area contributed by atoms with Crippen LogP contribution < -0.4 is 11.1 Å². The van der Waals surface area contributed by atoms with E-state index in [2.05, 4.69) is 10.3 Å². The number of rotatable bonds is 5. The van der Waals surface area contributed by atoms with E-state index in [1.807, 2.05) is 30.3 Å². The zero-order valence-electron chi connectivity index (χ0n) is 18.9. The Kier molecular flexibility index (Phi) is 5.12. The van der Waals surface area contributed by atoms with Crippen LogP contribution in [-0.2, 0) is 11.3 Å². The number of hydrogen-bond donors (Lipinski definition) is 3. The van der Waals surface area contributed by atoms with E-state index in [0.717, 1.165) is 33.9 Å². The molecule has 6 rings (SSSR count). The smallest absolute Gasteiger partial charge is 0.251 e. The molecule has 0 spiro atoms. The fourth-order valence-corrected chi connectivity index (χ4v) is 4.85. The highest BCUT2D eigenvalue weighted by Gasteiger charge is 2.43. The van der Waals surface area contributed by atoms with Crippen LogP contribution in [0.2, 0.25) is 0 Å². The van der Waals surface area contributed by atoms with Gasteiger partial charge in [-0.25, -0.2) is 8.78 Å². The second-order valence-corrected chi connectivity index (χ2v) is 8.86. The molecule has 36 heavy (non-hydrogen) atoms. The summed E-state index contributed by atoms with van der Waals surface area (Å²) in [5.41, 5.74) is 11.9. The summed E-state index contributed by atoms with van der Waals surface area (Å²) in [5.74, 6) is -1.59. The van der Waals surface area contributed by atoms with Crippen LogP contribution in [0.15, 0.2) is 72.9 Å². The number of nitrogens with two attached hydrogens (primary N) is 1. The highest BCUT2D eigenvalue weighted by Crippen LogP contribution is 2.54.